The highest BCUT2D eigenvalue weighted by molar-refractivity contribution is 5.57. The van der Waals surface area contributed by atoms with Crippen LogP contribution in [0.25, 0.3) is 11.4 Å². The van der Waals surface area contributed by atoms with Crippen LogP contribution in [0, 0.1) is 6.92 Å². The van der Waals surface area contributed by atoms with Crippen molar-refractivity contribution in [2.75, 3.05) is 5.73 Å². The number of phenolic OH excluding ortho intramolecular Hbond substituents is 1. The minimum absolute atomic E-state index is 0.222. The Morgan fingerprint density at radius 1 is 1.13 bits per heavy atom. The van der Waals surface area contributed by atoms with Crippen LogP contribution in [0.15, 0.2) is 30.3 Å². The molecule has 0 amide bonds. The van der Waals surface area contributed by atoms with Gasteiger partial charge in [0, 0.05) is 17.3 Å². The molecule has 2 aromatic rings. The summed E-state index contributed by atoms with van der Waals surface area (Å²) in [7, 11) is 0. The van der Waals surface area contributed by atoms with Gasteiger partial charge >= 0.3 is 0 Å². The molecule has 0 bridgehead atoms. The predicted molar refractivity (Wildman–Crippen MR) is 58.3 cm³/mol. The molecule has 2 rings (SSSR count). The summed E-state index contributed by atoms with van der Waals surface area (Å²) in [5.74, 6) is 1.25. The van der Waals surface area contributed by atoms with E-state index in [2.05, 4.69) is 9.97 Å². The molecule has 0 saturated carbocycles. The molecule has 0 saturated heterocycles. The lowest BCUT2D eigenvalue weighted by atomic mass is 10.2. The lowest BCUT2D eigenvalue weighted by Crippen LogP contribution is -1.97. The summed E-state index contributed by atoms with van der Waals surface area (Å²) >= 11 is 0. The lowest BCUT2D eigenvalue weighted by Gasteiger charge is -2.02. The first-order valence-corrected chi connectivity index (χ1v) is 4.56. The minimum atomic E-state index is 0.222. The Morgan fingerprint density at radius 3 is 2.40 bits per heavy atom. The molecule has 0 aliphatic heterocycles. The number of aromatic hydroxyl groups is 1. The van der Waals surface area contributed by atoms with Crippen LogP contribution in [0.3, 0.4) is 0 Å². The highest BCUT2D eigenvalue weighted by Crippen LogP contribution is 2.19. The van der Waals surface area contributed by atoms with Gasteiger partial charge in [-0.05, 0) is 31.2 Å². The summed E-state index contributed by atoms with van der Waals surface area (Å²) in [6.07, 6.45) is 0. The number of aromatic nitrogens is 2. The van der Waals surface area contributed by atoms with Crippen molar-refractivity contribution in [2.24, 2.45) is 0 Å². The van der Waals surface area contributed by atoms with Crippen molar-refractivity contribution >= 4 is 5.82 Å². The summed E-state index contributed by atoms with van der Waals surface area (Å²) in [4.78, 5) is 8.38. The van der Waals surface area contributed by atoms with Gasteiger partial charge in [-0.15, -0.1) is 0 Å². The molecular weight excluding hydrogens is 190 g/mol. The van der Waals surface area contributed by atoms with Crippen LogP contribution >= 0.6 is 0 Å². The van der Waals surface area contributed by atoms with Crippen LogP contribution in [-0.2, 0) is 0 Å². The quantitative estimate of drug-likeness (QED) is 0.737. The molecule has 0 unspecified atom stereocenters. The van der Waals surface area contributed by atoms with E-state index in [-0.39, 0.29) is 5.75 Å². The molecule has 4 heteroatoms. The third-order valence-electron chi connectivity index (χ3n) is 2.00. The van der Waals surface area contributed by atoms with E-state index >= 15 is 0 Å². The fourth-order valence-corrected chi connectivity index (χ4v) is 1.33. The number of hydrogen-bond donors (Lipinski definition) is 2. The molecule has 4 nitrogen and oxygen atoms in total. The zero-order valence-electron chi connectivity index (χ0n) is 8.31. The van der Waals surface area contributed by atoms with Gasteiger partial charge in [0.05, 0.1) is 0 Å². The fraction of sp³-hybridized carbons (Fsp3) is 0.0909. The summed E-state index contributed by atoms with van der Waals surface area (Å²) in [6.45, 7) is 1.86. The Balaban J connectivity index is 2.49. The van der Waals surface area contributed by atoms with Gasteiger partial charge in [-0.3, -0.25) is 0 Å². The second-order valence-electron chi connectivity index (χ2n) is 3.30. The summed E-state index contributed by atoms with van der Waals surface area (Å²) in [5.41, 5.74) is 7.29. The summed E-state index contributed by atoms with van der Waals surface area (Å²) in [5, 5.41) is 9.15. The number of nitrogens with zero attached hydrogens (tertiary/aromatic N) is 2. The van der Waals surface area contributed by atoms with Gasteiger partial charge in [-0.2, -0.15) is 0 Å². The van der Waals surface area contributed by atoms with Crippen LogP contribution in [0.2, 0.25) is 0 Å². The fourth-order valence-electron chi connectivity index (χ4n) is 1.33. The normalized spacial score (nSPS) is 10.2. The van der Waals surface area contributed by atoms with Crippen LogP contribution in [0.1, 0.15) is 5.69 Å². The molecule has 3 N–H and O–H groups in total. The van der Waals surface area contributed by atoms with E-state index in [9.17, 15) is 0 Å². The highest BCUT2D eigenvalue weighted by atomic mass is 16.3. The molecule has 0 aliphatic rings. The van der Waals surface area contributed by atoms with E-state index in [1.165, 1.54) is 0 Å². The molecule has 1 heterocycles. The number of anilines is 1. The molecule has 0 fully saturated rings. The predicted octanol–water partition coefficient (Wildman–Crippen LogP) is 1.74. The maximum absolute atomic E-state index is 9.15. The summed E-state index contributed by atoms with van der Waals surface area (Å²) < 4.78 is 0. The number of nitrogens with two attached hydrogens (primary N) is 1. The largest absolute Gasteiger partial charge is 0.508 e. The van der Waals surface area contributed by atoms with E-state index in [0.717, 1.165) is 11.3 Å². The summed E-state index contributed by atoms with van der Waals surface area (Å²) in [6, 6.07) is 8.41. The van der Waals surface area contributed by atoms with Gasteiger partial charge in [0.2, 0.25) is 0 Å². The average molecular weight is 201 g/mol. The molecule has 0 spiro atoms. The van der Waals surface area contributed by atoms with Crippen molar-refractivity contribution in [3.8, 4) is 17.1 Å². The molecule has 0 radical (unpaired) electrons. The molecule has 76 valence electrons. The Kier molecular flexibility index (Phi) is 2.25. The number of nitrogen functional groups attached to an aromatic ring is 1. The van der Waals surface area contributed by atoms with Crippen molar-refractivity contribution in [2.45, 2.75) is 6.92 Å². The van der Waals surface area contributed by atoms with Gasteiger partial charge < -0.3 is 10.8 Å². The van der Waals surface area contributed by atoms with Crippen molar-refractivity contribution in [1.29, 1.82) is 0 Å². The first-order chi connectivity index (χ1) is 7.15. The number of benzene rings is 1. The van der Waals surface area contributed by atoms with Gasteiger partial charge in [-0.25, -0.2) is 9.97 Å². The first kappa shape index (κ1) is 9.45. The Labute approximate surface area is 87.4 Å². The van der Waals surface area contributed by atoms with Crippen molar-refractivity contribution in [1.82, 2.24) is 9.97 Å². The number of hydrogen-bond acceptors (Lipinski definition) is 4. The van der Waals surface area contributed by atoms with Crippen LogP contribution in [0.5, 0.6) is 5.75 Å². The third-order valence-corrected chi connectivity index (χ3v) is 2.00. The molecule has 0 atom stereocenters. The number of aryl methyl sites for hydroxylation is 1. The standard InChI is InChI=1S/C11H11N3O/c1-7-6-10(12)14-11(13-7)8-2-4-9(15)5-3-8/h2-6,15H,1H3,(H2,12,13,14). The van der Waals surface area contributed by atoms with Crippen molar-refractivity contribution in [3.05, 3.63) is 36.0 Å². The van der Waals surface area contributed by atoms with E-state index < -0.39 is 0 Å². The second-order valence-corrected chi connectivity index (χ2v) is 3.30. The maximum Gasteiger partial charge on any atom is 0.161 e. The Hall–Kier alpha value is -2.10. The molecular formula is C11H11N3O. The van der Waals surface area contributed by atoms with Gasteiger partial charge in [-0.1, -0.05) is 0 Å². The van der Waals surface area contributed by atoms with Crippen molar-refractivity contribution in [3.63, 3.8) is 0 Å². The SMILES string of the molecule is Cc1cc(N)nc(-c2ccc(O)cc2)n1. The smallest absolute Gasteiger partial charge is 0.161 e. The second kappa shape index (κ2) is 3.57. The van der Waals surface area contributed by atoms with Crippen LogP contribution < -0.4 is 5.73 Å². The zero-order chi connectivity index (χ0) is 10.8. The monoisotopic (exact) mass is 201 g/mol. The first-order valence-electron chi connectivity index (χ1n) is 4.56. The highest BCUT2D eigenvalue weighted by Gasteiger charge is 2.02. The number of rotatable bonds is 1. The van der Waals surface area contributed by atoms with E-state index in [1.807, 2.05) is 6.92 Å². The maximum atomic E-state index is 9.15. The zero-order valence-corrected chi connectivity index (χ0v) is 8.31. The molecule has 1 aromatic heterocycles. The van der Waals surface area contributed by atoms with E-state index in [4.69, 9.17) is 10.8 Å². The third kappa shape index (κ3) is 2.04. The molecule has 0 aliphatic carbocycles. The van der Waals surface area contributed by atoms with Crippen LogP contribution in [0.4, 0.5) is 5.82 Å². The molecule has 15 heavy (non-hydrogen) atoms. The minimum Gasteiger partial charge on any atom is -0.508 e. The number of phenols is 1. The van der Waals surface area contributed by atoms with Crippen molar-refractivity contribution < 1.29 is 5.11 Å². The van der Waals surface area contributed by atoms with Gasteiger partial charge in [0.25, 0.3) is 0 Å². The Morgan fingerprint density at radius 2 is 1.80 bits per heavy atom. The lowest BCUT2D eigenvalue weighted by molar-refractivity contribution is 0.475. The Bertz CT molecular complexity index is 459. The average Bonchev–Trinajstić information content (AvgIpc) is 2.17. The van der Waals surface area contributed by atoms with Gasteiger partial charge in [0.15, 0.2) is 5.82 Å². The topological polar surface area (TPSA) is 72.0 Å². The van der Waals surface area contributed by atoms with Crippen LogP contribution in [-0.4, -0.2) is 15.1 Å². The molecule has 1 aromatic carbocycles. The van der Waals surface area contributed by atoms with E-state index in [1.54, 1.807) is 30.3 Å². The van der Waals surface area contributed by atoms with E-state index in [0.29, 0.717) is 11.6 Å². The van der Waals surface area contributed by atoms with Gasteiger partial charge in [0.1, 0.15) is 11.6 Å².